The Bertz CT molecular complexity index is 710. The van der Waals surface area contributed by atoms with Crippen LogP contribution in [0.3, 0.4) is 0 Å². The number of aliphatic hydroxyl groups is 2. The van der Waals surface area contributed by atoms with Crippen LogP contribution in [-0.4, -0.2) is 65.0 Å². The van der Waals surface area contributed by atoms with Crippen molar-refractivity contribution < 1.29 is 20.3 Å². The number of para-hydroxylation sites is 1. The molecule has 0 aliphatic carbocycles. The molecule has 4 N–H and O–H groups in total. The minimum absolute atomic E-state index is 0.0222. The average molecular weight is 318 g/mol. The first-order valence-electron chi connectivity index (χ1n) is 8.09. The number of aromatic nitrogens is 1. The lowest BCUT2D eigenvalue weighted by atomic mass is 10.0. The van der Waals surface area contributed by atoms with E-state index in [1.54, 1.807) is 4.90 Å². The maximum atomic E-state index is 12.6. The molecule has 2 aromatic rings. The molecule has 1 atom stereocenters. The van der Waals surface area contributed by atoms with Crippen LogP contribution in [0.5, 0.6) is 0 Å². The Morgan fingerprint density at radius 1 is 1.35 bits per heavy atom. The summed E-state index contributed by atoms with van der Waals surface area (Å²) < 4.78 is 1.96. The molecule has 1 aromatic carbocycles. The Morgan fingerprint density at radius 2 is 2.13 bits per heavy atom. The lowest BCUT2D eigenvalue weighted by molar-refractivity contribution is -0.662. The Hall–Kier alpha value is -1.89. The molecular weight excluding hydrogens is 294 g/mol. The van der Waals surface area contributed by atoms with E-state index in [0.717, 1.165) is 29.4 Å². The number of quaternary nitrogens is 1. The Labute approximate surface area is 135 Å². The van der Waals surface area contributed by atoms with Gasteiger partial charge in [0, 0.05) is 24.5 Å². The molecule has 1 amide bonds. The van der Waals surface area contributed by atoms with Crippen molar-refractivity contribution in [2.45, 2.75) is 19.1 Å². The van der Waals surface area contributed by atoms with Gasteiger partial charge in [-0.3, -0.25) is 4.79 Å². The zero-order valence-electron chi connectivity index (χ0n) is 13.4. The highest BCUT2D eigenvalue weighted by Gasteiger charge is 2.29. The molecule has 0 radical (unpaired) electrons. The molecule has 6 heteroatoms. The molecule has 0 bridgehead atoms. The number of nitrogens with zero attached hydrogens (tertiary/aromatic N) is 2. The Morgan fingerprint density at radius 3 is 2.91 bits per heavy atom. The highest BCUT2D eigenvalue weighted by molar-refractivity contribution is 6.02. The van der Waals surface area contributed by atoms with Crippen molar-refractivity contribution >= 4 is 16.8 Å². The van der Waals surface area contributed by atoms with Crippen molar-refractivity contribution in [1.82, 2.24) is 9.47 Å². The molecule has 1 aliphatic rings. The molecule has 6 nitrogen and oxygen atoms in total. The number of hydrogen-bond donors (Lipinski definition) is 3. The van der Waals surface area contributed by atoms with Crippen molar-refractivity contribution in [2.24, 2.45) is 0 Å². The van der Waals surface area contributed by atoms with Gasteiger partial charge in [-0.15, -0.1) is 0 Å². The summed E-state index contributed by atoms with van der Waals surface area (Å²) in [5.74, 6) is 0.0222. The minimum atomic E-state index is -0.568. The average Bonchev–Trinajstić information content (AvgIpc) is 2.86. The quantitative estimate of drug-likeness (QED) is 0.609. The molecule has 124 valence electrons. The van der Waals surface area contributed by atoms with Crippen LogP contribution in [0.15, 0.2) is 24.3 Å². The van der Waals surface area contributed by atoms with E-state index in [4.69, 9.17) is 5.11 Å². The summed E-state index contributed by atoms with van der Waals surface area (Å²) in [7, 11) is 1.82. The smallest absolute Gasteiger partial charge is 0.270 e. The molecule has 0 spiro atoms. The van der Waals surface area contributed by atoms with Gasteiger partial charge in [0.25, 0.3) is 5.91 Å². The predicted octanol–water partition coefficient (Wildman–Crippen LogP) is -0.814. The number of likely N-dealkylation sites (N-methyl/N-ethyl adjacent to an activating group) is 1. The summed E-state index contributed by atoms with van der Waals surface area (Å²) in [6.45, 7) is 2.29. The lowest BCUT2D eigenvalue weighted by Crippen LogP contribution is -2.87. The zero-order chi connectivity index (χ0) is 16.4. The summed E-state index contributed by atoms with van der Waals surface area (Å²) in [6, 6.07) is 8.00. The van der Waals surface area contributed by atoms with Crippen LogP contribution in [-0.2, 0) is 13.0 Å². The third-order valence-corrected chi connectivity index (χ3v) is 4.49. The van der Waals surface area contributed by atoms with Crippen LogP contribution < -0.4 is 5.32 Å². The second kappa shape index (κ2) is 6.70. The summed E-state index contributed by atoms with van der Waals surface area (Å²) in [6.07, 6.45) is 0.277. The van der Waals surface area contributed by atoms with Crippen molar-refractivity contribution in [3.63, 3.8) is 0 Å². The van der Waals surface area contributed by atoms with Gasteiger partial charge in [0.1, 0.15) is 18.3 Å². The van der Waals surface area contributed by atoms with Crippen LogP contribution in [0.2, 0.25) is 0 Å². The normalized spacial score (nSPS) is 16.0. The van der Waals surface area contributed by atoms with Gasteiger partial charge in [0.05, 0.1) is 19.7 Å². The molecular formula is C17H24N3O3+. The van der Waals surface area contributed by atoms with Gasteiger partial charge in [0.15, 0.2) is 0 Å². The maximum absolute atomic E-state index is 12.6. The van der Waals surface area contributed by atoms with E-state index in [1.165, 1.54) is 0 Å². The van der Waals surface area contributed by atoms with Crippen molar-refractivity contribution in [1.29, 1.82) is 0 Å². The van der Waals surface area contributed by atoms with Gasteiger partial charge in [-0.25, -0.2) is 0 Å². The summed E-state index contributed by atoms with van der Waals surface area (Å²) in [4.78, 5) is 14.4. The number of hydrogen-bond acceptors (Lipinski definition) is 3. The molecule has 0 saturated heterocycles. The fourth-order valence-electron chi connectivity index (χ4n) is 3.31. The molecule has 2 heterocycles. The van der Waals surface area contributed by atoms with E-state index in [9.17, 15) is 9.90 Å². The lowest BCUT2D eigenvalue weighted by Gasteiger charge is -2.25. The summed E-state index contributed by atoms with van der Waals surface area (Å²) >= 11 is 0. The summed E-state index contributed by atoms with van der Waals surface area (Å²) in [5.41, 5.74) is 2.80. The molecule has 23 heavy (non-hydrogen) atoms. The number of benzene rings is 1. The highest BCUT2D eigenvalue weighted by Crippen LogP contribution is 2.30. The minimum Gasteiger partial charge on any atom is -0.391 e. The van der Waals surface area contributed by atoms with Crippen molar-refractivity contribution in [3.05, 3.63) is 35.5 Å². The van der Waals surface area contributed by atoms with Gasteiger partial charge in [-0.2, -0.15) is 0 Å². The fraction of sp³-hybridized carbons (Fsp3) is 0.471. The Balaban J connectivity index is 1.97. The highest BCUT2D eigenvalue weighted by atomic mass is 16.3. The van der Waals surface area contributed by atoms with E-state index < -0.39 is 6.10 Å². The molecule has 0 saturated carbocycles. The first-order valence-corrected chi connectivity index (χ1v) is 8.09. The summed E-state index contributed by atoms with van der Waals surface area (Å²) in [5, 5.41) is 22.1. The number of fused-ring (bicyclic) bond motifs is 3. The second-order valence-electron chi connectivity index (χ2n) is 6.12. The molecule has 1 aliphatic heterocycles. The standard InChI is InChI=1S/C17H23N3O3/c1-19-8-6-14-13-4-2-3-5-15(13)20(16(14)17(19)23)11-12(22)10-18-7-9-21/h2-5,12,18,21-22H,6-11H2,1H3/p+1/t12-/m1/s1. The third kappa shape index (κ3) is 2.97. The van der Waals surface area contributed by atoms with Gasteiger partial charge < -0.3 is 25.0 Å². The fourth-order valence-corrected chi connectivity index (χ4v) is 3.31. The van der Waals surface area contributed by atoms with E-state index >= 15 is 0 Å². The molecule has 3 rings (SSSR count). The van der Waals surface area contributed by atoms with Gasteiger partial charge in [-0.05, 0) is 18.1 Å². The topological polar surface area (TPSA) is 82.3 Å². The second-order valence-corrected chi connectivity index (χ2v) is 6.12. The van der Waals surface area contributed by atoms with Crippen LogP contribution in [0.4, 0.5) is 0 Å². The maximum Gasteiger partial charge on any atom is 0.270 e. The molecule has 0 fully saturated rings. The number of carbonyl (C=O) groups excluding carboxylic acids is 1. The van der Waals surface area contributed by atoms with Gasteiger partial charge in [0.2, 0.25) is 0 Å². The van der Waals surface area contributed by atoms with Crippen LogP contribution in [0.25, 0.3) is 10.9 Å². The first kappa shape index (κ1) is 16.0. The van der Waals surface area contributed by atoms with E-state index in [1.807, 2.05) is 41.2 Å². The van der Waals surface area contributed by atoms with E-state index in [-0.39, 0.29) is 12.5 Å². The van der Waals surface area contributed by atoms with Crippen LogP contribution in [0.1, 0.15) is 16.1 Å². The zero-order valence-corrected chi connectivity index (χ0v) is 13.4. The monoisotopic (exact) mass is 318 g/mol. The van der Waals surface area contributed by atoms with Crippen molar-refractivity contribution in [3.8, 4) is 0 Å². The SMILES string of the molecule is CN1CCc2c(n(C[C@H](O)C[NH2+]CCO)c3ccccc23)C1=O. The number of rotatable bonds is 6. The molecule has 1 aromatic heterocycles. The van der Waals surface area contributed by atoms with Crippen molar-refractivity contribution in [2.75, 3.05) is 33.3 Å². The number of carbonyl (C=O) groups is 1. The Kier molecular flexibility index (Phi) is 4.66. The number of nitrogens with two attached hydrogens (primary N) is 1. The predicted molar refractivity (Wildman–Crippen MR) is 87.4 cm³/mol. The van der Waals surface area contributed by atoms with Crippen LogP contribution in [0, 0.1) is 0 Å². The largest absolute Gasteiger partial charge is 0.391 e. The van der Waals surface area contributed by atoms with E-state index in [2.05, 4.69) is 0 Å². The molecule has 0 unspecified atom stereocenters. The first-order chi connectivity index (χ1) is 11.1. The number of amides is 1. The number of aliphatic hydroxyl groups excluding tert-OH is 2. The van der Waals surface area contributed by atoms with E-state index in [0.29, 0.717) is 25.3 Å². The van der Waals surface area contributed by atoms with Gasteiger partial charge in [-0.1, -0.05) is 18.2 Å². The van der Waals surface area contributed by atoms with Gasteiger partial charge >= 0.3 is 0 Å². The third-order valence-electron chi connectivity index (χ3n) is 4.49. The van der Waals surface area contributed by atoms with Crippen LogP contribution >= 0.6 is 0 Å².